The lowest BCUT2D eigenvalue weighted by Crippen LogP contribution is -2.25. The molecular weight excluding hydrogens is 408 g/mol. The van der Waals surface area contributed by atoms with Gasteiger partial charge in [0.05, 0.1) is 0 Å². The Morgan fingerprint density at radius 1 is 1.14 bits per heavy atom. The van der Waals surface area contributed by atoms with Crippen molar-refractivity contribution in [2.45, 2.75) is 49.4 Å². The Balaban J connectivity index is 2.02. The number of alkyl halides is 2. The number of halogens is 4. The van der Waals surface area contributed by atoms with Crippen LogP contribution in [0.5, 0.6) is 11.5 Å². The van der Waals surface area contributed by atoms with Crippen molar-refractivity contribution in [1.29, 1.82) is 0 Å². The standard InChI is InChI=1S/C21H22F4O3S/c1-4-26-11-27-20-19-16(10-21(20,24)25)17(5-6-18(19)29-12(2)3)28-15-8-13(22)7-14(23)9-15/h5-9,12,20H,4,10-11H2,1-3H3/t20-/m0/s1. The Hall–Kier alpha value is -1.77. The summed E-state index contributed by atoms with van der Waals surface area (Å²) in [5.41, 5.74) is 0.606. The molecule has 0 bridgehead atoms. The number of fused-ring (bicyclic) bond motifs is 1. The Morgan fingerprint density at radius 2 is 1.83 bits per heavy atom. The summed E-state index contributed by atoms with van der Waals surface area (Å²) in [5.74, 6) is -4.77. The maximum Gasteiger partial charge on any atom is 0.282 e. The van der Waals surface area contributed by atoms with Gasteiger partial charge in [0.25, 0.3) is 5.92 Å². The minimum absolute atomic E-state index is 0.101. The van der Waals surface area contributed by atoms with Crippen molar-refractivity contribution < 1.29 is 31.8 Å². The Kier molecular flexibility index (Phi) is 6.76. The number of thioether (sulfide) groups is 1. The third-order valence-electron chi connectivity index (χ3n) is 4.28. The molecule has 0 N–H and O–H groups in total. The van der Waals surface area contributed by atoms with Crippen LogP contribution in [0.4, 0.5) is 17.6 Å². The first kappa shape index (κ1) is 21.9. The highest BCUT2D eigenvalue weighted by Crippen LogP contribution is 2.52. The molecule has 0 saturated heterocycles. The van der Waals surface area contributed by atoms with Crippen LogP contribution in [0.25, 0.3) is 0 Å². The SMILES string of the molecule is CCOCO[C@H]1c2c(SC(C)C)ccc(Oc3cc(F)cc(F)c3)c2CC1(F)F. The Morgan fingerprint density at radius 3 is 2.45 bits per heavy atom. The van der Waals surface area contributed by atoms with Crippen LogP contribution in [0.15, 0.2) is 35.2 Å². The molecule has 0 amide bonds. The fourth-order valence-corrected chi connectivity index (χ4v) is 4.22. The first-order valence-corrected chi connectivity index (χ1v) is 10.1. The van der Waals surface area contributed by atoms with E-state index in [1.54, 1.807) is 19.1 Å². The van der Waals surface area contributed by atoms with E-state index in [4.69, 9.17) is 14.2 Å². The van der Waals surface area contributed by atoms with Crippen molar-refractivity contribution in [2.75, 3.05) is 13.4 Å². The van der Waals surface area contributed by atoms with Crippen LogP contribution >= 0.6 is 11.8 Å². The number of hydrogen-bond acceptors (Lipinski definition) is 4. The average molecular weight is 430 g/mol. The van der Waals surface area contributed by atoms with Gasteiger partial charge in [0.2, 0.25) is 0 Å². The highest BCUT2D eigenvalue weighted by molar-refractivity contribution is 8.00. The topological polar surface area (TPSA) is 27.7 Å². The van der Waals surface area contributed by atoms with E-state index in [-0.39, 0.29) is 29.1 Å². The first-order valence-electron chi connectivity index (χ1n) is 9.24. The molecule has 1 aliphatic carbocycles. The average Bonchev–Trinajstić information content (AvgIpc) is 2.87. The van der Waals surface area contributed by atoms with Crippen LogP contribution < -0.4 is 4.74 Å². The molecule has 3 rings (SSSR count). The summed E-state index contributed by atoms with van der Waals surface area (Å²) in [7, 11) is 0. The second-order valence-corrected chi connectivity index (χ2v) is 8.54. The molecule has 0 spiro atoms. The van der Waals surface area contributed by atoms with Crippen LogP contribution in [0.1, 0.15) is 38.0 Å². The normalized spacial score (nSPS) is 17.6. The summed E-state index contributed by atoms with van der Waals surface area (Å²) in [4.78, 5) is 0.659. The van der Waals surface area contributed by atoms with Gasteiger partial charge in [0, 0.05) is 52.5 Å². The first-order chi connectivity index (χ1) is 13.7. The van der Waals surface area contributed by atoms with Gasteiger partial charge in [0.15, 0.2) is 6.10 Å². The van der Waals surface area contributed by atoms with Gasteiger partial charge in [-0.3, -0.25) is 0 Å². The number of ether oxygens (including phenoxy) is 3. The predicted octanol–water partition coefficient (Wildman–Crippen LogP) is 6.50. The van der Waals surface area contributed by atoms with E-state index in [1.165, 1.54) is 11.8 Å². The minimum atomic E-state index is -3.17. The van der Waals surface area contributed by atoms with Crippen LogP contribution in [-0.2, 0) is 15.9 Å². The highest BCUT2D eigenvalue weighted by Gasteiger charge is 2.51. The van der Waals surface area contributed by atoms with Crippen molar-refractivity contribution in [3.63, 3.8) is 0 Å². The van der Waals surface area contributed by atoms with E-state index in [0.29, 0.717) is 23.1 Å². The van der Waals surface area contributed by atoms with Gasteiger partial charge in [-0.1, -0.05) is 13.8 Å². The fraction of sp³-hybridized carbons (Fsp3) is 0.429. The predicted molar refractivity (Wildman–Crippen MR) is 103 cm³/mol. The number of rotatable bonds is 8. The molecule has 0 radical (unpaired) electrons. The molecule has 0 aliphatic heterocycles. The molecule has 1 aliphatic rings. The molecule has 0 aromatic heterocycles. The van der Waals surface area contributed by atoms with Gasteiger partial charge >= 0.3 is 0 Å². The third-order valence-corrected chi connectivity index (χ3v) is 5.36. The van der Waals surface area contributed by atoms with Crippen LogP contribution in [0.2, 0.25) is 0 Å². The molecule has 1 atom stereocenters. The van der Waals surface area contributed by atoms with Crippen molar-refractivity contribution in [3.05, 3.63) is 53.1 Å². The van der Waals surface area contributed by atoms with Gasteiger partial charge < -0.3 is 14.2 Å². The molecule has 0 saturated carbocycles. The second-order valence-electron chi connectivity index (χ2n) is 6.92. The number of benzene rings is 2. The van der Waals surface area contributed by atoms with Crippen LogP contribution in [-0.4, -0.2) is 24.6 Å². The molecular formula is C21H22F4O3S. The van der Waals surface area contributed by atoms with Crippen molar-refractivity contribution >= 4 is 11.8 Å². The van der Waals surface area contributed by atoms with Gasteiger partial charge in [-0.05, 0) is 19.1 Å². The van der Waals surface area contributed by atoms with E-state index in [0.717, 1.165) is 12.1 Å². The molecule has 0 heterocycles. The summed E-state index contributed by atoms with van der Waals surface area (Å²) >= 11 is 1.44. The zero-order valence-corrected chi connectivity index (χ0v) is 17.1. The fourth-order valence-electron chi connectivity index (χ4n) is 3.20. The summed E-state index contributed by atoms with van der Waals surface area (Å²) in [5, 5.41) is 0.157. The Labute approximate surface area is 171 Å². The summed E-state index contributed by atoms with van der Waals surface area (Å²) < 4.78 is 72.7. The van der Waals surface area contributed by atoms with E-state index in [9.17, 15) is 17.6 Å². The second kappa shape index (κ2) is 8.93. The van der Waals surface area contributed by atoms with Gasteiger partial charge in [-0.15, -0.1) is 11.8 Å². The van der Waals surface area contributed by atoms with E-state index in [2.05, 4.69) is 0 Å². The summed E-state index contributed by atoms with van der Waals surface area (Å²) in [6.07, 6.45) is -2.09. The van der Waals surface area contributed by atoms with E-state index in [1.807, 2.05) is 13.8 Å². The van der Waals surface area contributed by atoms with Crippen molar-refractivity contribution in [1.82, 2.24) is 0 Å². The lowest BCUT2D eigenvalue weighted by atomic mass is 10.1. The maximum atomic E-state index is 14.8. The van der Waals surface area contributed by atoms with Gasteiger partial charge in [-0.2, -0.15) is 0 Å². The largest absolute Gasteiger partial charge is 0.457 e. The lowest BCUT2D eigenvalue weighted by molar-refractivity contribution is -0.175. The summed E-state index contributed by atoms with van der Waals surface area (Å²) in [6, 6.07) is 5.94. The maximum absolute atomic E-state index is 14.8. The molecule has 2 aromatic carbocycles. The quantitative estimate of drug-likeness (QED) is 0.207. The molecule has 0 unspecified atom stereocenters. The monoisotopic (exact) mass is 430 g/mol. The van der Waals surface area contributed by atoms with Crippen LogP contribution in [0, 0.1) is 11.6 Å². The molecule has 29 heavy (non-hydrogen) atoms. The minimum Gasteiger partial charge on any atom is -0.457 e. The smallest absolute Gasteiger partial charge is 0.282 e. The number of hydrogen-bond donors (Lipinski definition) is 0. The van der Waals surface area contributed by atoms with Crippen molar-refractivity contribution in [2.24, 2.45) is 0 Å². The molecule has 0 fully saturated rings. The van der Waals surface area contributed by atoms with Crippen LogP contribution in [0.3, 0.4) is 0 Å². The molecule has 3 nitrogen and oxygen atoms in total. The highest BCUT2D eigenvalue weighted by atomic mass is 32.2. The van der Waals surface area contributed by atoms with Gasteiger partial charge in [0.1, 0.15) is 29.9 Å². The zero-order valence-electron chi connectivity index (χ0n) is 16.3. The molecule has 8 heteroatoms. The summed E-state index contributed by atoms with van der Waals surface area (Å²) in [6.45, 7) is 5.74. The van der Waals surface area contributed by atoms with Crippen molar-refractivity contribution in [3.8, 4) is 11.5 Å². The lowest BCUT2D eigenvalue weighted by Gasteiger charge is -2.22. The van der Waals surface area contributed by atoms with E-state index < -0.39 is 30.1 Å². The zero-order chi connectivity index (χ0) is 21.2. The third kappa shape index (κ3) is 5.05. The molecule has 2 aromatic rings. The Bertz CT molecular complexity index is 853. The van der Waals surface area contributed by atoms with Gasteiger partial charge in [-0.25, -0.2) is 17.6 Å². The molecule has 158 valence electrons. The van der Waals surface area contributed by atoms with E-state index >= 15 is 0 Å².